The lowest BCUT2D eigenvalue weighted by molar-refractivity contribution is 0.450. The Morgan fingerprint density at radius 2 is 2.19 bits per heavy atom. The number of benzene rings is 1. The Morgan fingerprint density at radius 3 is 2.81 bits per heavy atom. The van der Waals surface area contributed by atoms with Crippen molar-refractivity contribution in [2.45, 2.75) is 25.8 Å². The van der Waals surface area contributed by atoms with Gasteiger partial charge in [-0.3, -0.25) is 4.99 Å². The number of nitrogens with two attached hydrogens (primary N) is 1. The number of phenols is 2. The normalized spacial score (nSPS) is 13.1. The third-order valence-corrected chi connectivity index (χ3v) is 2.40. The Kier molecular flexibility index (Phi) is 4.79. The van der Waals surface area contributed by atoms with Crippen molar-refractivity contribution in [3.8, 4) is 11.5 Å². The molecule has 0 fully saturated rings. The average molecular weight is 222 g/mol. The lowest BCUT2D eigenvalue weighted by atomic mass is 10.2. The second-order valence-corrected chi connectivity index (χ2v) is 3.74. The Balaban J connectivity index is 2.50. The van der Waals surface area contributed by atoms with Crippen molar-refractivity contribution in [2.75, 3.05) is 6.54 Å². The molecule has 0 aliphatic heterocycles. The summed E-state index contributed by atoms with van der Waals surface area (Å²) in [7, 11) is 0. The summed E-state index contributed by atoms with van der Waals surface area (Å²) in [5.41, 5.74) is 6.35. The summed E-state index contributed by atoms with van der Waals surface area (Å²) in [6.07, 6.45) is 3.38. The zero-order valence-corrected chi connectivity index (χ0v) is 9.43. The van der Waals surface area contributed by atoms with E-state index in [0.29, 0.717) is 12.1 Å². The number of aliphatic imine (C=N–C) groups is 1. The molecule has 0 spiro atoms. The fourth-order valence-electron chi connectivity index (χ4n) is 1.25. The molecule has 0 bridgehead atoms. The molecule has 1 atom stereocenters. The Labute approximate surface area is 95.4 Å². The Morgan fingerprint density at radius 1 is 1.44 bits per heavy atom. The molecule has 1 rings (SSSR count). The molecule has 0 radical (unpaired) electrons. The SMILES string of the molecule is CCC(N)CCN=Cc1ccc(O)cc1O. The van der Waals surface area contributed by atoms with Gasteiger partial charge in [-0.25, -0.2) is 0 Å². The molecule has 88 valence electrons. The largest absolute Gasteiger partial charge is 0.508 e. The first-order chi connectivity index (χ1) is 7.63. The first-order valence-corrected chi connectivity index (χ1v) is 5.41. The molecule has 4 N–H and O–H groups in total. The molecular weight excluding hydrogens is 204 g/mol. The van der Waals surface area contributed by atoms with Gasteiger partial charge in [0.25, 0.3) is 0 Å². The number of hydrogen-bond donors (Lipinski definition) is 3. The molecule has 1 unspecified atom stereocenters. The highest BCUT2D eigenvalue weighted by molar-refractivity contribution is 5.83. The van der Waals surface area contributed by atoms with Crippen LogP contribution in [0.3, 0.4) is 0 Å². The highest BCUT2D eigenvalue weighted by Gasteiger charge is 1.99. The molecule has 1 aromatic rings. The van der Waals surface area contributed by atoms with Crippen molar-refractivity contribution in [1.29, 1.82) is 0 Å². The van der Waals surface area contributed by atoms with E-state index in [-0.39, 0.29) is 17.5 Å². The van der Waals surface area contributed by atoms with E-state index in [1.165, 1.54) is 12.1 Å². The van der Waals surface area contributed by atoms with Gasteiger partial charge in [0, 0.05) is 30.4 Å². The van der Waals surface area contributed by atoms with Gasteiger partial charge in [-0.15, -0.1) is 0 Å². The quantitative estimate of drug-likeness (QED) is 0.663. The topological polar surface area (TPSA) is 78.8 Å². The Bertz CT molecular complexity index is 364. The van der Waals surface area contributed by atoms with E-state index in [1.54, 1.807) is 12.3 Å². The highest BCUT2D eigenvalue weighted by Crippen LogP contribution is 2.20. The molecule has 0 aliphatic carbocycles. The predicted molar refractivity (Wildman–Crippen MR) is 65.1 cm³/mol. The third kappa shape index (κ3) is 3.90. The molecule has 4 nitrogen and oxygen atoms in total. The maximum Gasteiger partial charge on any atom is 0.128 e. The van der Waals surface area contributed by atoms with Gasteiger partial charge in [0.2, 0.25) is 0 Å². The average Bonchev–Trinajstić information content (AvgIpc) is 2.26. The summed E-state index contributed by atoms with van der Waals surface area (Å²) in [6, 6.07) is 4.61. The van der Waals surface area contributed by atoms with Gasteiger partial charge in [-0.1, -0.05) is 6.92 Å². The first kappa shape index (κ1) is 12.5. The van der Waals surface area contributed by atoms with E-state index in [2.05, 4.69) is 4.99 Å². The molecule has 4 heteroatoms. The van der Waals surface area contributed by atoms with Crippen LogP contribution in [-0.2, 0) is 0 Å². The van der Waals surface area contributed by atoms with Gasteiger partial charge in [-0.05, 0) is 25.0 Å². The first-order valence-electron chi connectivity index (χ1n) is 5.41. The summed E-state index contributed by atoms with van der Waals surface area (Å²) >= 11 is 0. The van der Waals surface area contributed by atoms with Crippen molar-refractivity contribution in [1.82, 2.24) is 0 Å². The fourth-order valence-corrected chi connectivity index (χ4v) is 1.25. The summed E-state index contributed by atoms with van der Waals surface area (Å²) in [6.45, 7) is 2.69. The van der Waals surface area contributed by atoms with Crippen molar-refractivity contribution in [2.24, 2.45) is 10.7 Å². The monoisotopic (exact) mass is 222 g/mol. The minimum absolute atomic E-state index is 0.0311. The van der Waals surface area contributed by atoms with E-state index in [9.17, 15) is 5.11 Å². The molecule has 16 heavy (non-hydrogen) atoms. The van der Waals surface area contributed by atoms with Gasteiger partial charge >= 0.3 is 0 Å². The van der Waals surface area contributed by atoms with Gasteiger partial charge < -0.3 is 15.9 Å². The van der Waals surface area contributed by atoms with Crippen LogP contribution in [0.25, 0.3) is 0 Å². The van der Waals surface area contributed by atoms with Gasteiger partial charge in [0.1, 0.15) is 11.5 Å². The van der Waals surface area contributed by atoms with Crippen LogP contribution in [-0.4, -0.2) is 29.0 Å². The summed E-state index contributed by atoms with van der Waals surface area (Å²) in [5, 5.41) is 18.6. The Hall–Kier alpha value is -1.55. The predicted octanol–water partition coefficient (Wildman–Crippen LogP) is 1.64. The molecule has 0 heterocycles. The summed E-state index contributed by atoms with van der Waals surface area (Å²) in [4.78, 5) is 4.17. The molecule has 1 aromatic carbocycles. The standard InChI is InChI=1S/C12H18N2O2/c1-2-10(13)5-6-14-8-9-3-4-11(15)7-12(9)16/h3-4,7-8,10,15-16H,2,5-6,13H2,1H3. The minimum atomic E-state index is 0.0311. The van der Waals surface area contributed by atoms with Gasteiger partial charge in [0.05, 0.1) is 0 Å². The van der Waals surface area contributed by atoms with Crippen molar-refractivity contribution in [3.63, 3.8) is 0 Å². The van der Waals surface area contributed by atoms with Gasteiger partial charge in [-0.2, -0.15) is 0 Å². The summed E-state index contributed by atoms with van der Waals surface area (Å²) < 4.78 is 0. The smallest absolute Gasteiger partial charge is 0.128 e. The third-order valence-electron chi connectivity index (χ3n) is 2.40. The van der Waals surface area contributed by atoms with Crippen LogP contribution < -0.4 is 5.73 Å². The van der Waals surface area contributed by atoms with Crippen molar-refractivity contribution in [3.05, 3.63) is 23.8 Å². The number of phenolic OH excluding ortho intramolecular Hbond substituents is 2. The van der Waals surface area contributed by atoms with E-state index in [0.717, 1.165) is 12.8 Å². The molecule has 0 saturated heterocycles. The van der Waals surface area contributed by atoms with Crippen LogP contribution in [0.1, 0.15) is 25.3 Å². The molecule has 0 saturated carbocycles. The number of nitrogens with zero attached hydrogens (tertiary/aromatic N) is 1. The molecular formula is C12H18N2O2. The van der Waals surface area contributed by atoms with Crippen LogP contribution in [0, 0.1) is 0 Å². The van der Waals surface area contributed by atoms with Gasteiger partial charge in [0.15, 0.2) is 0 Å². The second kappa shape index (κ2) is 6.12. The fraction of sp³-hybridized carbons (Fsp3) is 0.417. The van der Waals surface area contributed by atoms with E-state index in [4.69, 9.17) is 10.8 Å². The number of hydrogen-bond acceptors (Lipinski definition) is 4. The van der Waals surface area contributed by atoms with Crippen molar-refractivity contribution < 1.29 is 10.2 Å². The lowest BCUT2D eigenvalue weighted by Crippen LogP contribution is -2.19. The minimum Gasteiger partial charge on any atom is -0.508 e. The van der Waals surface area contributed by atoms with Crippen LogP contribution in [0.15, 0.2) is 23.2 Å². The number of rotatable bonds is 5. The lowest BCUT2D eigenvalue weighted by Gasteiger charge is -2.04. The second-order valence-electron chi connectivity index (χ2n) is 3.74. The molecule has 0 aromatic heterocycles. The molecule has 0 amide bonds. The maximum atomic E-state index is 9.47. The van der Waals surface area contributed by atoms with Crippen LogP contribution in [0.5, 0.6) is 11.5 Å². The summed E-state index contributed by atoms with van der Waals surface area (Å²) in [5.74, 6) is 0.0752. The zero-order chi connectivity index (χ0) is 12.0. The van der Waals surface area contributed by atoms with E-state index < -0.39 is 0 Å². The number of aromatic hydroxyl groups is 2. The van der Waals surface area contributed by atoms with Crippen LogP contribution >= 0.6 is 0 Å². The van der Waals surface area contributed by atoms with Crippen LogP contribution in [0.4, 0.5) is 0 Å². The van der Waals surface area contributed by atoms with Crippen LogP contribution in [0.2, 0.25) is 0 Å². The maximum absolute atomic E-state index is 9.47. The highest BCUT2D eigenvalue weighted by atomic mass is 16.3. The molecule has 0 aliphatic rings. The van der Waals surface area contributed by atoms with E-state index >= 15 is 0 Å². The van der Waals surface area contributed by atoms with E-state index in [1.807, 2.05) is 6.92 Å². The van der Waals surface area contributed by atoms with Crippen molar-refractivity contribution >= 4 is 6.21 Å². The zero-order valence-electron chi connectivity index (χ0n) is 9.43.